The van der Waals surface area contributed by atoms with Gasteiger partial charge in [-0.15, -0.1) is 0 Å². The summed E-state index contributed by atoms with van der Waals surface area (Å²) in [5, 5.41) is 13.6. The van der Waals surface area contributed by atoms with Crippen LogP contribution >= 0.6 is 15.9 Å². The van der Waals surface area contributed by atoms with Gasteiger partial charge in [-0.1, -0.05) is 33.6 Å². The summed E-state index contributed by atoms with van der Waals surface area (Å²) in [6, 6.07) is 16.5. The van der Waals surface area contributed by atoms with Gasteiger partial charge in [0, 0.05) is 16.6 Å². The number of hydrogen-bond acceptors (Lipinski definition) is 6. The third kappa shape index (κ3) is 5.68. The number of amides is 1. The van der Waals surface area contributed by atoms with Crippen LogP contribution in [-0.2, 0) is 14.8 Å². The van der Waals surface area contributed by atoms with E-state index < -0.39 is 27.4 Å². The minimum absolute atomic E-state index is 0.0248. The molecule has 3 aromatic carbocycles. The first-order valence-electron chi connectivity index (χ1n) is 9.59. The second-order valence-corrected chi connectivity index (χ2v) is 9.77. The maximum atomic E-state index is 13.4. The summed E-state index contributed by atoms with van der Waals surface area (Å²) in [5.41, 5.74) is 0.975. The fourth-order valence-electron chi connectivity index (χ4n) is 2.99. The van der Waals surface area contributed by atoms with Gasteiger partial charge in [0.05, 0.1) is 28.3 Å². The Labute approximate surface area is 199 Å². The van der Waals surface area contributed by atoms with Crippen LogP contribution in [0.3, 0.4) is 0 Å². The van der Waals surface area contributed by atoms with Crippen LogP contribution < -0.4 is 14.4 Å². The third-order valence-corrected chi connectivity index (χ3v) is 7.00. The molecule has 0 aliphatic heterocycles. The van der Waals surface area contributed by atoms with Gasteiger partial charge >= 0.3 is 0 Å². The van der Waals surface area contributed by atoms with E-state index >= 15 is 0 Å². The van der Waals surface area contributed by atoms with E-state index in [0.29, 0.717) is 0 Å². The van der Waals surface area contributed by atoms with Crippen molar-refractivity contribution in [3.05, 3.63) is 86.9 Å². The number of ether oxygens (including phenoxy) is 1. The van der Waals surface area contributed by atoms with Gasteiger partial charge in [0.15, 0.2) is 0 Å². The van der Waals surface area contributed by atoms with Crippen molar-refractivity contribution in [2.24, 2.45) is 0 Å². The number of nitro groups is 1. The topological polar surface area (TPSA) is 119 Å². The highest BCUT2D eigenvalue weighted by atomic mass is 79.9. The number of aryl methyl sites for hydroxylation is 1. The number of nitrogens with one attached hydrogen (secondary N) is 1. The van der Waals surface area contributed by atoms with Crippen LogP contribution in [0.2, 0.25) is 0 Å². The van der Waals surface area contributed by atoms with Crippen molar-refractivity contribution in [2.75, 3.05) is 23.3 Å². The van der Waals surface area contributed by atoms with Crippen molar-refractivity contribution in [2.45, 2.75) is 11.8 Å². The summed E-state index contributed by atoms with van der Waals surface area (Å²) in [7, 11) is -2.74. The van der Waals surface area contributed by atoms with Gasteiger partial charge in [-0.05, 0) is 49.4 Å². The number of carbonyl (C=O) groups is 1. The molecule has 0 heterocycles. The van der Waals surface area contributed by atoms with Gasteiger partial charge in [0.1, 0.15) is 12.3 Å². The largest absolute Gasteiger partial charge is 0.495 e. The predicted octanol–water partition coefficient (Wildman–Crippen LogP) is 4.51. The number of methoxy groups -OCH3 is 1. The Morgan fingerprint density at radius 2 is 1.73 bits per heavy atom. The molecule has 0 unspecified atom stereocenters. The predicted molar refractivity (Wildman–Crippen MR) is 128 cm³/mol. The fourth-order valence-corrected chi connectivity index (χ4v) is 4.67. The van der Waals surface area contributed by atoms with Crippen molar-refractivity contribution in [1.29, 1.82) is 0 Å². The Kier molecular flexibility index (Phi) is 7.34. The molecular formula is C22H20BrN3O6S. The van der Waals surface area contributed by atoms with Gasteiger partial charge in [-0.2, -0.15) is 0 Å². The molecule has 33 heavy (non-hydrogen) atoms. The summed E-state index contributed by atoms with van der Waals surface area (Å²) in [4.78, 5) is 23.4. The van der Waals surface area contributed by atoms with Gasteiger partial charge in [-0.25, -0.2) is 8.42 Å². The SMILES string of the molecule is COc1ccc([N+](=O)[O-])cc1NC(=O)CN(c1ccc(Br)cc1)S(=O)(=O)c1ccc(C)cc1. The van der Waals surface area contributed by atoms with Crippen LogP contribution in [0.4, 0.5) is 17.1 Å². The number of nitro benzene ring substituents is 1. The number of nitrogens with zero attached hydrogens (tertiary/aromatic N) is 2. The molecule has 0 atom stereocenters. The maximum absolute atomic E-state index is 13.4. The van der Waals surface area contributed by atoms with Crippen molar-refractivity contribution in [3.63, 3.8) is 0 Å². The number of benzene rings is 3. The Bertz CT molecular complexity index is 1280. The second kappa shape index (κ2) is 10.0. The maximum Gasteiger partial charge on any atom is 0.271 e. The molecule has 11 heteroatoms. The van der Waals surface area contributed by atoms with E-state index in [-0.39, 0.29) is 27.7 Å². The van der Waals surface area contributed by atoms with Crippen molar-refractivity contribution < 1.29 is 22.9 Å². The lowest BCUT2D eigenvalue weighted by Crippen LogP contribution is -2.38. The monoisotopic (exact) mass is 533 g/mol. The number of carbonyl (C=O) groups excluding carboxylic acids is 1. The van der Waals surface area contributed by atoms with E-state index in [4.69, 9.17) is 4.74 Å². The zero-order valence-corrected chi connectivity index (χ0v) is 20.1. The smallest absolute Gasteiger partial charge is 0.271 e. The minimum Gasteiger partial charge on any atom is -0.495 e. The molecule has 0 bridgehead atoms. The number of non-ortho nitro benzene ring substituents is 1. The molecule has 3 rings (SSSR count). The highest BCUT2D eigenvalue weighted by molar-refractivity contribution is 9.10. The lowest BCUT2D eigenvalue weighted by atomic mass is 10.2. The van der Waals surface area contributed by atoms with E-state index in [1.165, 1.54) is 31.4 Å². The molecular weight excluding hydrogens is 514 g/mol. The van der Waals surface area contributed by atoms with Crippen LogP contribution in [0.5, 0.6) is 5.75 Å². The van der Waals surface area contributed by atoms with Crippen LogP contribution in [-0.4, -0.2) is 32.9 Å². The van der Waals surface area contributed by atoms with Crippen LogP contribution in [0.25, 0.3) is 0 Å². The lowest BCUT2D eigenvalue weighted by Gasteiger charge is -2.24. The minimum atomic E-state index is -4.09. The average Bonchev–Trinajstić information content (AvgIpc) is 2.78. The molecule has 0 fully saturated rings. The van der Waals surface area contributed by atoms with Crippen molar-refractivity contribution in [3.8, 4) is 5.75 Å². The highest BCUT2D eigenvalue weighted by Crippen LogP contribution is 2.30. The normalized spacial score (nSPS) is 11.0. The summed E-state index contributed by atoms with van der Waals surface area (Å²) < 4.78 is 33.7. The van der Waals surface area contributed by atoms with Gasteiger partial charge < -0.3 is 10.1 Å². The quantitative estimate of drug-likeness (QED) is 0.336. The standard InChI is InChI=1S/C22H20BrN3O6S/c1-15-3-10-19(11-4-15)33(30,31)25(17-7-5-16(23)6-8-17)14-22(27)24-20-13-18(26(28)29)9-12-21(20)32-2/h3-13H,14H2,1-2H3,(H,24,27). The van der Waals surface area contributed by atoms with Crippen LogP contribution in [0.1, 0.15) is 5.56 Å². The molecule has 3 aromatic rings. The zero-order chi connectivity index (χ0) is 24.2. The Hall–Kier alpha value is -3.44. The molecule has 1 amide bonds. The van der Waals surface area contributed by atoms with E-state index in [1.807, 2.05) is 6.92 Å². The van der Waals surface area contributed by atoms with Gasteiger partial charge in [-0.3, -0.25) is 19.2 Å². The Morgan fingerprint density at radius 1 is 1.09 bits per heavy atom. The number of halogens is 1. The number of anilines is 2. The first-order valence-corrected chi connectivity index (χ1v) is 11.8. The van der Waals surface area contributed by atoms with Crippen molar-refractivity contribution in [1.82, 2.24) is 0 Å². The second-order valence-electron chi connectivity index (χ2n) is 6.99. The molecule has 0 aromatic heterocycles. The van der Waals surface area contributed by atoms with E-state index in [2.05, 4.69) is 21.2 Å². The third-order valence-electron chi connectivity index (χ3n) is 4.68. The molecule has 172 valence electrons. The van der Waals surface area contributed by atoms with E-state index in [0.717, 1.165) is 20.4 Å². The van der Waals surface area contributed by atoms with Gasteiger partial charge in [0.2, 0.25) is 5.91 Å². The molecule has 0 aliphatic rings. The molecule has 0 aliphatic carbocycles. The summed E-state index contributed by atoms with van der Waals surface area (Å²) in [6.45, 7) is 1.27. The van der Waals surface area contributed by atoms with E-state index in [1.54, 1.807) is 36.4 Å². The molecule has 0 radical (unpaired) electrons. The molecule has 0 saturated heterocycles. The number of rotatable bonds is 8. The Morgan fingerprint density at radius 3 is 2.30 bits per heavy atom. The number of sulfonamides is 1. The Balaban J connectivity index is 1.96. The fraction of sp³-hybridized carbons (Fsp3) is 0.136. The first-order chi connectivity index (χ1) is 15.6. The lowest BCUT2D eigenvalue weighted by molar-refractivity contribution is -0.384. The highest BCUT2D eigenvalue weighted by Gasteiger charge is 2.27. The zero-order valence-electron chi connectivity index (χ0n) is 17.7. The number of hydrogen-bond donors (Lipinski definition) is 1. The van der Waals surface area contributed by atoms with Crippen molar-refractivity contribution >= 4 is 48.9 Å². The van der Waals surface area contributed by atoms with Crippen LogP contribution in [0, 0.1) is 17.0 Å². The summed E-state index contributed by atoms with van der Waals surface area (Å²) >= 11 is 3.31. The van der Waals surface area contributed by atoms with Gasteiger partial charge in [0.25, 0.3) is 15.7 Å². The van der Waals surface area contributed by atoms with E-state index in [9.17, 15) is 23.3 Å². The summed E-state index contributed by atoms with van der Waals surface area (Å²) in [5.74, 6) is -0.502. The molecule has 0 saturated carbocycles. The molecule has 1 N–H and O–H groups in total. The van der Waals surface area contributed by atoms with Crippen LogP contribution in [0.15, 0.2) is 76.1 Å². The first kappa shape index (κ1) is 24.2. The summed E-state index contributed by atoms with van der Waals surface area (Å²) in [6.07, 6.45) is 0. The molecule has 9 nitrogen and oxygen atoms in total. The average molecular weight is 534 g/mol. The molecule has 0 spiro atoms.